The lowest BCUT2D eigenvalue weighted by Gasteiger charge is -2.23. The minimum atomic E-state index is -5.92. The molecule has 2 heterocycles. The fourth-order valence-corrected chi connectivity index (χ4v) is 4.06. The molecule has 0 radical (unpaired) electrons. The predicted octanol–water partition coefficient (Wildman–Crippen LogP) is 7.00. The first-order chi connectivity index (χ1) is 15.9. The number of carbonyl (C=O) groups excluding carboxylic acids is 1. The normalized spacial score (nSPS) is 15.8. The lowest BCUT2D eigenvalue weighted by atomic mass is 9.79. The summed E-state index contributed by atoms with van der Waals surface area (Å²) in [5.74, 6) is -6.25. The number of fused-ring (bicyclic) bond motifs is 1. The van der Waals surface area contributed by atoms with Crippen LogP contribution in [0, 0.1) is 0 Å². The minimum absolute atomic E-state index is 0.000690. The maximum atomic E-state index is 14.7. The van der Waals surface area contributed by atoms with Gasteiger partial charge in [-0.25, -0.2) is 4.68 Å². The molecule has 0 amide bonds. The summed E-state index contributed by atoms with van der Waals surface area (Å²) < 4.78 is 70.7. The van der Waals surface area contributed by atoms with Gasteiger partial charge in [-0.05, 0) is 24.1 Å². The molecular formula is C26H21F5N2O. The van der Waals surface area contributed by atoms with Crippen molar-refractivity contribution in [2.45, 2.75) is 38.3 Å². The molecule has 0 saturated carbocycles. The fraction of sp³-hybridized carbons (Fsp3) is 0.231. The minimum Gasteiger partial charge on any atom is -0.288 e. The number of benzene rings is 2. The van der Waals surface area contributed by atoms with Crippen LogP contribution in [0.15, 0.2) is 72.3 Å². The molecule has 0 saturated heterocycles. The van der Waals surface area contributed by atoms with Crippen LogP contribution in [-0.2, 0) is 11.3 Å². The van der Waals surface area contributed by atoms with Crippen molar-refractivity contribution in [1.82, 2.24) is 9.78 Å². The van der Waals surface area contributed by atoms with Crippen LogP contribution in [0.25, 0.3) is 11.8 Å². The van der Waals surface area contributed by atoms with Crippen LogP contribution in [0.5, 0.6) is 0 Å². The van der Waals surface area contributed by atoms with Crippen molar-refractivity contribution in [2.24, 2.45) is 0 Å². The summed E-state index contributed by atoms with van der Waals surface area (Å²) in [4.78, 5) is 13.4. The first-order valence-corrected chi connectivity index (χ1v) is 10.5. The van der Waals surface area contributed by atoms with Crippen LogP contribution in [-0.4, -0.2) is 21.7 Å². The topological polar surface area (TPSA) is 34.9 Å². The third kappa shape index (κ3) is 3.67. The molecule has 0 bridgehead atoms. The maximum Gasteiger partial charge on any atom is 0.459 e. The van der Waals surface area contributed by atoms with Gasteiger partial charge in [-0.15, -0.1) is 0 Å². The quantitative estimate of drug-likeness (QED) is 0.296. The molecule has 34 heavy (non-hydrogen) atoms. The van der Waals surface area contributed by atoms with Crippen LogP contribution in [0.1, 0.15) is 53.6 Å². The Morgan fingerprint density at radius 2 is 1.47 bits per heavy atom. The third-order valence-corrected chi connectivity index (χ3v) is 6.18. The second-order valence-electron chi connectivity index (χ2n) is 8.63. The molecule has 1 aliphatic rings. The summed E-state index contributed by atoms with van der Waals surface area (Å²) >= 11 is 0. The van der Waals surface area contributed by atoms with Crippen LogP contribution in [0.4, 0.5) is 22.0 Å². The molecule has 2 aromatic carbocycles. The van der Waals surface area contributed by atoms with Crippen LogP contribution >= 0.6 is 0 Å². The number of hydrogen-bond acceptors (Lipinski definition) is 2. The first-order valence-electron chi connectivity index (χ1n) is 10.5. The average molecular weight is 472 g/mol. The van der Waals surface area contributed by atoms with Crippen LogP contribution in [0.2, 0.25) is 0 Å². The molecule has 3 nitrogen and oxygen atoms in total. The van der Waals surface area contributed by atoms with Gasteiger partial charge in [0.05, 0.1) is 17.0 Å². The van der Waals surface area contributed by atoms with Crippen molar-refractivity contribution in [2.75, 3.05) is 0 Å². The fourth-order valence-electron chi connectivity index (χ4n) is 4.06. The van der Waals surface area contributed by atoms with Gasteiger partial charge in [0, 0.05) is 11.0 Å². The zero-order valence-electron chi connectivity index (χ0n) is 18.6. The summed E-state index contributed by atoms with van der Waals surface area (Å²) in [6.45, 7) is 5.10. The van der Waals surface area contributed by atoms with Gasteiger partial charge >= 0.3 is 12.1 Å². The Bertz CT molecular complexity index is 1300. The maximum absolute atomic E-state index is 14.7. The van der Waals surface area contributed by atoms with Gasteiger partial charge in [0.15, 0.2) is 11.5 Å². The van der Waals surface area contributed by atoms with Gasteiger partial charge < -0.3 is 0 Å². The zero-order chi connectivity index (χ0) is 24.9. The summed E-state index contributed by atoms with van der Waals surface area (Å²) in [6.07, 6.45) is -2.59. The number of aromatic nitrogens is 2. The van der Waals surface area contributed by atoms with Gasteiger partial charge in [0.2, 0.25) is 0 Å². The molecule has 0 aliphatic carbocycles. The summed E-state index contributed by atoms with van der Waals surface area (Å²) in [5.41, 5.74) is -1.49. The standard InChI is InChI=1S/C26H21F5N2O/c1-16-19(15-14-17-10-6-4-7-11-17)33-23(24(16,2)3)20(21(34)18-12-8-5-9-13-18)22(32-33)25(27,28)26(29,30)31/h4-15H,1-3H3/b15-14+. The van der Waals surface area contributed by atoms with Crippen LogP contribution in [0.3, 0.4) is 0 Å². The largest absolute Gasteiger partial charge is 0.459 e. The number of nitrogens with zero attached hydrogens (tertiary/aromatic N) is 2. The molecule has 0 unspecified atom stereocenters. The first kappa shape index (κ1) is 23.6. The summed E-state index contributed by atoms with van der Waals surface area (Å²) in [6, 6.07) is 16.5. The Morgan fingerprint density at radius 1 is 0.912 bits per heavy atom. The highest BCUT2D eigenvalue weighted by molar-refractivity contribution is 6.11. The Labute approximate surface area is 193 Å². The predicted molar refractivity (Wildman–Crippen MR) is 119 cm³/mol. The smallest absolute Gasteiger partial charge is 0.288 e. The monoisotopic (exact) mass is 472 g/mol. The molecule has 176 valence electrons. The van der Waals surface area contributed by atoms with E-state index >= 15 is 0 Å². The van der Waals surface area contributed by atoms with Gasteiger partial charge in [-0.1, -0.05) is 80.6 Å². The summed E-state index contributed by atoms with van der Waals surface area (Å²) in [5, 5.41) is 3.73. The van der Waals surface area contributed by atoms with E-state index in [2.05, 4.69) is 5.10 Å². The molecule has 0 spiro atoms. The number of alkyl halides is 5. The summed E-state index contributed by atoms with van der Waals surface area (Å²) in [7, 11) is 0. The molecule has 3 aromatic rings. The van der Waals surface area contributed by atoms with Gasteiger partial charge in [0.1, 0.15) is 0 Å². The Hall–Kier alpha value is -3.55. The molecular weight excluding hydrogens is 451 g/mol. The molecule has 8 heteroatoms. The van der Waals surface area contributed by atoms with Crippen molar-refractivity contribution in [3.63, 3.8) is 0 Å². The van der Waals surface area contributed by atoms with Crippen molar-refractivity contribution in [1.29, 1.82) is 0 Å². The molecule has 1 aromatic heterocycles. The van der Waals surface area contributed by atoms with E-state index in [-0.39, 0.29) is 11.3 Å². The second-order valence-corrected chi connectivity index (χ2v) is 8.63. The number of ketones is 1. The molecule has 0 atom stereocenters. The Morgan fingerprint density at radius 3 is 2.03 bits per heavy atom. The van der Waals surface area contributed by atoms with E-state index in [1.54, 1.807) is 39.0 Å². The van der Waals surface area contributed by atoms with E-state index in [9.17, 15) is 26.7 Å². The molecule has 0 N–H and O–H groups in total. The highest BCUT2D eigenvalue weighted by atomic mass is 19.4. The molecule has 4 rings (SSSR count). The van der Waals surface area contributed by atoms with Gasteiger partial charge in [0.25, 0.3) is 0 Å². The van der Waals surface area contributed by atoms with E-state index < -0.39 is 34.6 Å². The number of halogens is 5. The Kier molecular flexibility index (Phi) is 5.58. The SMILES string of the molecule is CC1=C(/C=C/c2ccccc2)n2nc(C(F)(F)C(F)(F)F)c(C(=O)c3ccccc3)c2C1(C)C. The zero-order valence-corrected chi connectivity index (χ0v) is 18.6. The van der Waals surface area contributed by atoms with E-state index in [1.165, 1.54) is 24.3 Å². The lowest BCUT2D eigenvalue weighted by molar-refractivity contribution is -0.291. The van der Waals surface area contributed by atoms with E-state index in [0.29, 0.717) is 11.3 Å². The van der Waals surface area contributed by atoms with Crippen molar-refractivity contribution in [3.05, 3.63) is 100 Å². The number of rotatable bonds is 5. The van der Waals surface area contributed by atoms with Crippen LogP contribution < -0.4 is 0 Å². The number of hydrogen-bond donors (Lipinski definition) is 0. The highest BCUT2D eigenvalue weighted by Gasteiger charge is 2.63. The van der Waals surface area contributed by atoms with E-state index in [0.717, 1.165) is 10.2 Å². The second kappa shape index (κ2) is 8.04. The third-order valence-electron chi connectivity index (χ3n) is 6.18. The number of carbonyl (C=O) groups is 1. The lowest BCUT2D eigenvalue weighted by Crippen LogP contribution is -2.36. The van der Waals surface area contributed by atoms with Crippen molar-refractivity contribution >= 4 is 17.6 Å². The Balaban J connectivity index is 1.97. The average Bonchev–Trinajstić information content (AvgIpc) is 3.28. The van der Waals surface area contributed by atoms with Crippen molar-refractivity contribution in [3.8, 4) is 0 Å². The van der Waals surface area contributed by atoms with Crippen molar-refractivity contribution < 1.29 is 26.7 Å². The highest BCUT2D eigenvalue weighted by Crippen LogP contribution is 2.51. The molecule has 1 aliphatic heterocycles. The van der Waals surface area contributed by atoms with Gasteiger partial charge in [-0.2, -0.15) is 27.1 Å². The van der Waals surface area contributed by atoms with E-state index in [4.69, 9.17) is 0 Å². The van der Waals surface area contributed by atoms with Gasteiger partial charge in [-0.3, -0.25) is 4.79 Å². The van der Waals surface area contributed by atoms with E-state index in [1.807, 2.05) is 30.3 Å². The molecule has 0 fully saturated rings. The number of allylic oxidation sites excluding steroid dienone is 3.